The fraction of sp³-hybridized carbons (Fsp3) is 0.278. The lowest BCUT2D eigenvalue weighted by atomic mass is 10.1. The van der Waals surface area contributed by atoms with E-state index in [0.717, 1.165) is 34.3 Å². The lowest BCUT2D eigenvalue weighted by molar-refractivity contribution is -0.137. The number of alkyl halides is 3. The Kier molecular flexibility index (Phi) is 5.31. The van der Waals surface area contributed by atoms with Gasteiger partial charge in [-0.15, -0.1) is 11.3 Å². The molecule has 0 unspecified atom stereocenters. The fourth-order valence-electron chi connectivity index (χ4n) is 2.57. The Bertz CT molecular complexity index is 962. The minimum Gasteiger partial charge on any atom is -0.352 e. The predicted molar refractivity (Wildman–Crippen MR) is 96.2 cm³/mol. The van der Waals surface area contributed by atoms with Crippen LogP contribution in [0.15, 0.2) is 35.7 Å². The van der Waals surface area contributed by atoms with E-state index in [4.69, 9.17) is 0 Å². The first kappa shape index (κ1) is 19.1. The van der Waals surface area contributed by atoms with E-state index in [-0.39, 0.29) is 12.1 Å². The Morgan fingerprint density at radius 2 is 2.04 bits per heavy atom. The molecule has 5 nitrogen and oxygen atoms in total. The summed E-state index contributed by atoms with van der Waals surface area (Å²) in [5.74, 6) is -0.546. The molecule has 2 heterocycles. The Morgan fingerprint density at radius 3 is 2.70 bits per heavy atom. The van der Waals surface area contributed by atoms with Gasteiger partial charge in [-0.1, -0.05) is 6.07 Å². The number of aryl methyl sites for hydroxylation is 2. The molecule has 0 saturated carbocycles. The van der Waals surface area contributed by atoms with E-state index in [1.807, 2.05) is 25.3 Å². The maximum Gasteiger partial charge on any atom is 0.416 e. The number of nitrogens with one attached hydrogen (secondary N) is 1. The molecule has 0 aliphatic rings. The monoisotopic (exact) mass is 394 g/mol. The van der Waals surface area contributed by atoms with E-state index in [1.54, 1.807) is 4.68 Å². The van der Waals surface area contributed by atoms with Crippen LogP contribution in [0.5, 0.6) is 0 Å². The quantitative estimate of drug-likeness (QED) is 0.713. The number of aromatic nitrogens is 3. The highest BCUT2D eigenvalue weighted by molar-refractivity contribution is 7.12. The van der Waals surface area contributed by atoms with Gasteiger partial charge in [0.1, 0.15) is 0 Å². The van der Waals surface area contributed by atoms with Crippen LogP contribution in [0.25, 0.3) is 5.13 Å². The zero-order valence-electron chi connectivity index (χ0n) is 14.7. The van der Waals surface area contributed by atoms with E-state index >= 15 is 0 Å². The maximum absolute atomic E-state index is 12.7. The van der Waals surface area contributed by atoms with E-state index < -0.39 is 17.6 Å². The maximum atomic E-state index is 12.7. The summed E-state index contributed by atoms with van der Waals surface area (Å²) < 4.78 is 39.9. The molecule has 0 atom stereocenters. The standard InChI is InChI=1S/C18H17F3N4OS/c1-11-8-12(2)25(24-11)17-23-15(10-27-17)6-7-22-16(26)13-4-3-5-14(9-13)18(19,20)21/h3-5,8-10H,6-7H2,1-2H3,(H,22,26). The number of nitrogens with zero attached hydrogens (tertiary/aromatic N) is 3. The molecule has 0 fully saturated rings. The second-order valence-corrected chi connectivity index (χ2v) is 6.88. The van der Waals surface area contributed by atoms with Gasteiger partial charge in [-0.05, 0) is 38.1 Å². The van der Waals surface area contributed by atoms with Crippen molar-refractivity contribution in [1.82, 2.24) is 20.1 Å². The number of halogens is 3. The van der Waals surface area contributed by atoms with Crippen molar-refractivity contribution in [2.75, 3.05) is 6.54 Å². The molecule has 1 aromatic carbocycles. The molecule has 0 aliphatic carbocycles. The highest BCUT2D eigenvalue weighted by Crippen LogP contribution is 2.29. The molecule has 2 aromatic heterocycles. The molecule has 0 aliphatic heterocycles. The third-order valence-corrected chi connectivity index (χ3v) is 4.71. The summed E-state index contributed by atoms with van der Waals surface area (Å²) in [6.45, 7) is 4.12. The molecule has 142 valence electrons. The first-order valence-corrected chi connectivity index (χ1v) is 9.05. The van der Waals surface area contributed by atoms with Crippen LogP contribution in [0.3, 0.4) is 0 Å². The summed E-state index contributed by atoms with van der Waals surface area (Å²) in [6.07, 6.45) is -4.00. The second kappa shape index (κ2) is 7.51. The number of amides is 1. The minimum atomic E-state index is -4.48. The van der Waals surface area contributed by atoms with Gasteiger partial charge in [0.05, 0.1) is 17.0 Å². The van der Waals surface area contributed by atoms with Gasteiger partial charge < -0.3 is 5.32 Å². The number of benzene rings is 1. The van der Waals surface area contributed by atoms with Crippen molar-refractivity contribution >= 4 is 17.2 Å². The average molecular weight is 394 g/mol. The van der Waals surface area contributed by atoms with Crippen molar-refractivity contribution in [3.05, 3.63) is 63.9 Å². The van der Waals surface area contributed by atoms with E-state index in [1.165, 1.54) is 23.5 Å². The van der Waals surface area contributed by atoms with Crippen LogP contribution in [0.1, 0.15) is 33.0 Å². The Labute approximate surface area is 157 Å². The third kappa shape index (κ3) is 4.54. The molecule has 0 bridgehead atoms. The molecule has 0 spiro atoms. The van der Waals surface area contributed by atoms with Crippen molar-refractivity contribution in [3.63, 3.8) is 0 Å². The van der Waals surface area contributed by atoms with Gasteiger partial charge >= 0.3 is 6.18 Å². The molecule has 9 heteroatoms. The third-order valence-electron chi connectivity index (χ3n) is 3.85. The summed E-state index contributed by atoms with van der Waals surface area (Å²) in [6, 6.07) is 6.31. The predicted octanol–water partition coefficient (Wildman–Crippen LogP) is 3.94. The van der Waals surface area contributed by atoms with Crippen LogP contribution in [0, 0.1) is 13.8 Å². The van der Waals surface area contributed by atoms with Crippen LogP contribution in [0.2, 0.25) is 0 Å². The van der Waals surface area contributed by atoms with E-state index in [0.29, 0.717) is 6.42 Å². The smallest absolute Gasteiger partial charge is 0.352 e. The lowest BCUT2D eigenvalue weighted by Gasteiger charge is -2.09. The molecule has 3 rings (SSSR count). The summed E-state index contributed by atoms with van der Waals surface area (Å²) in [4.78, 5) is 16.6. The summed E-state index contributed by atoms with van der Waals surface area (Å²) in [5, 5.41) is 9.61. The average Bonchev–Trinajstić information content (AvgIpc) is 3.20. The van der Waals surface area contributed by atoms with Crippen molar-refractivity contribution in [3.8, 4) is 5.13 Å². The van der Waals surface area contributed by atoms with Crippen LogP contribution < -0.4 is 5.32 Å². The molecule has 3 aromatic rings. The molecule has 1 N–H and O–H groups in total. The molecule has 27 heavy (non-hydrogen) atoms. The van der Waals surface area contributed by atoms with Gasteiger partial charge in [-0.25, -0.2) is 9.67 Å². The molecule has 0 radical (unpaired) electrons. The second-order valence-electron chi connectivity index (χ2n) is 6.04. The van der Waals surface area contributed by atoms with Gasteiger partial charge in [0.2, 0.25) is 5.13 Å². The van der Waals surface area contributed by atoms with Gasteiger partial charge in [0.25, 0.3) is 5.91 Å². The largest absolute Gasteiger partial charge is 0.416 e. The molecular weight excluding hydrogens is 377 g/mol. The van der Waals surface area contributed by atoms with Gasteiger partial charge in [-0.3, -0.25) is 4.79 Å². The highest BCUT2D eigenvalue weighted by atomic mass is 32.1. The van der Waals surface area contributed by atoms with E-state index in [9.17, 15) is 18.0 Å². The lowest BCUT2D eigenvalue weighted by Crippen LogP contribution is -2.26. The first-order valence-electron chi connectivity index (χ1n) is 8.17. The Morgan fingerprint density at radius 1 is 1.26 bits per heavy atom. The summed E-state index contributed by atoms with van der Waals surface area (Å²) in [5.41, 5.74) is 1.80. The SMILES string of the molecule is Cc1cc(C)n(-c2nc(CCNC(=O)c3cccc(C(F)(F)F)c3)cs2)n1. The highest BCUT2D eigenvalue weighted by Gasteiger charge is 2.30. The minimum absolute atomic E-state index is 0.0218. The summed E-state index contributed by atoms with van der Waals surface area (Å²) in [7, 11) is 0. The zero-order valence-corrected chi connectivity index (χ0v) is 15.5. The first-order chi connectivity index (χ1) is 12.7. The molecule has 0 saturated heterocycles. The van der Waals surface area contributed by atoms with Crippen LogP contribution in [-0.4, -0.2) is 27.2 Å². The van der Waals surface area contributed by atoms with E-state index in [2.05, 4.69) is 15.4 Å². The normalized spacial score (nSPS) is 11.6. The molecular formula is C18H17F3N4OS. The van der Waals surface area contributed by atoms with Crippen molar-refractivity contribution in [2.24, 2.45) is 0 Å². The number of thiazole rings is 1. The van der Waals surface area contributed by atoms with Crippen molar-refractivity contribution in [2.45, 2.75) is 26.4 Å². The Balaban J connectivity index is 1.59. The van der Waals surface area contributed by atoms with Gasteiger partial charge in [0, 0.05) is 29.6 Å². The summed E-state index contributed by atoms with van der Waals surface area (Å²) >= 11 is 1.44. The number of carbonyl (C=O) groups excluding carboxylic acids is 1. The van der Waals surface area contributed by atoms with Crippen LogP contribution in [0.4, 0.5) is 13.2 Å². The van der Waals surface area contributed by atoms with Crippen LogP contribution >= 0.6 is 11.3 Å². The Hall–Kier alpha value is -2.68. The number of rotatable bonds is 5. The van der Waals surface area contributed by atoms with Gasteiger partial charge in [-0.2, -0.15) is 18.3 Å². The van der Waals surface area contributed by atoms with Crippen molar-refractivity contribution in [1.29, 1.82) is 0 Å². The fourth-order valence-corrected chi connectivity index (χ4v) is 3.44. The van der Waals surface area contributed by atoms with Gasteiger partial charge in [0.15, 0.2) is 0 Å². The van der Waals surface area contributed by atoms with Crippen molar-refractivity contribution < 1.29 is 18.0 Å². The number of carbonyl (C=O) groups is 1. The number of hydrogen-bond acceptors (Lipinski definition) is 4. The molecule has 1 amide bonds. The topological polar surface area (TPSA) is 59.8 Å². The zero-order chi connectivity index (χ0) is 19.6. The van der Waals surface area contributed by atoms with Crippen LogP contribution in [-0.2, 0) is 12.6 Å². The number of hydrogen-bond donors (Lipinski definition) is 1.